The highest BCUT2D eigenvalue weighted by molar-refractivity contribution is 7.40. The predicted molar refractivity (Wildman–Crippen MR) is 180 cm³/mol. The van der Waals surface area contributed by atoms with Crippen LogP contribution < -0.4 is 15.6 Å². The Morgan fingerprint density at radius 1 is 0.341 bits per heavy atom. The summed E-state index contributed by atoms with van der Waals surface area (Å²) in [6, 6.07) is 52.0. The van der Waals surface area contributed by atoms with Crippen LogP contribution in [0, 0.1) is 20.8 Å². The first-order valence-electron chi connectivity index (χ1n) is 14.2. The number of rotatable bonds is 6. The molecule has 6 rings (SSSR count). The van der Waals surface area contributed by atoms with E-state index in [1.165, 1.54) is 65.6 Å². The third-order valence-corrected chi connectivity index (χ3v) is 14.1. The summed E-state index contributed by atoms with van der Waals surface area (Å²) in [5.74, 6) is 0. The summed E-state index contributed by atoms with van der Waals surface area (Å²) in [6.45, 7) is 6.73. The highest BCUT2D eigenvalue weighted by Crippen LogP contribution is 2.30. The minimum atomic E-state index is -3.03. The topological polar surface area (TPSA) is 0 Å². The van der Waals surface area contributed by atoms with Crippen LogP contribution in [0.5, 0.6) is 0 Å². The molecule has 6 aromatic rings. The Balaban J connectivity index is 1.66. The van der Waals surface area contributed by atoms with Crippen LogP contribution in [-0.2, 0) is 0 Å². The van der Waals surface area contributed by atoms with Crippen molar-refractivity contribution in [3.8, 4) is 33.4 Å². The molecule has 6 aromatic carbocycles. The summed E-state index contributed by atoms with van der Waals surface area (Å²) < 4.78 is 0. The molecule has 0 N–H and O–H groups in total. The second kappa shape index (κ2) is 11.4. The Labute approximate surface area is 249 Å². The lowest BCUT2D eigenvalue weighted by Crippen LogP contribution is -2.65. The van der Waals surface area contributed by atoms with Crippen LogP contribution in [0.4, 0.5) is 0 Å². The van der Waals surface area contributed by atoms with Gasteiger partial charge in [0, 0.05) is 0 Å². The van der Waals surface area contributed by atoms with E-state index in [2.05, 4.69) is 166 Å². The van der Waals surface area contributed by atoms with Crippen LogP contribution in [0.1, 0.15) is 16.7 Å². The van der Waals surface area contributed by atoms with E-state index < -0.39 is 7.38 Å². The first kappa shape index (κ1) is 27.0. The summed E-state index contributed by atoms with van der Waals surface area (Å²) in [5, 5.41) is 3.71. The zero-order valence-electron chi connectivity index (χ0n) is 23.7. The number of hydrogen-bond acceptors (Lipinski definition) is 0. The number of halogens is 1. The molecule has 0 bridgehead atoms. The molecule has 0 atom stereocenters. The van der Waals surface area contributed by atoms with E-state index in [-0.39, 0.29) is 0 Å². The Morgan fingerprint density at radius 3 is 0.878 bits per heavy atom. The maximum Gasteiger partial charge on any atom is 0.248 e. The van der Waals surface area contributed by atoms with Gasteiger partial charge in [-0.05, 0) is 86.4 Å². The molecule has 0 aliphatic heterocycles. The number of hydrogen-bond donors (Lipinski definition) is 0. The molecule has 0 spiro atoms. The third kappa shape index (κ3) is 4.86. The Kier molecular flexibility index (Phi) is 7.49. The lowest BCUT2D eigenvalue weighted by Gasteiger charge is -2.33. The molecular formula is C39H33ClSi. The fourth-order valence-corrected chi connectivity index (χ4v) is 11.9. The minimum Gasteiger partial charge on any atom is -0.149 e. The van der Waals surface area contributed by atoms with Crippen molar-refractivity contribution in [1.82, 2.24) is 0 Å². The lowest BCUT2D eigenvalue weighted by molar-refractivity contribution is 1.45. The van der Waals surface area contributed by atoms with Crippen LogP contribution in [0.3, 0.4) is 0 Å². The van der Waals surface area contributed by atoms with Crippen molar-refractivity contribution in [3.05, 3.63) is 162 Å². The first-order valence-corrected chi connectivity index (χ1v) is 17.2. The number of benzene rings is 6. The van der Waals surface area contributed by atoms with E-state index >= 15 is 0 Å². The molecule has 41 heavy (non-hydrogen) atoms. The largest absolute Gasteiger partial charge is 0.248 e. The Morgan fingerprint density at radius 2 is 0.610 bits per heavy atom. The summed E-state index contributed by atoms with van der Waals surface area (Å²) in [4.78, 5) is 0. The van der Waals surface area contributed by atoms with Crippen molar-refractivity contribution >= 4 is 34.0 Å². The van der Waals surface area contributed by atoms with E-state index in [0.29, 0.717) is 0 Å². The van der Waals surface area contributed by atoms with Gasteiger partial charge < -0.3 is 0 Å². The van der Waals surface area contributed by atoms with Crippen molar-refractivity contribution in [1.29, 1.82) is 0 Å². The predicted octanol–water partition coefficient (Wildman–Crippen LogP) is 8.82. The minimum absolute atomic E-state index is 1.21. The molecule has 0 heterocycles. The van der Waals surface area contributed by atoms with Crippen molar-refractivity contribution in [2.24, 2.45) is 0 Å². The zero-order valence-corrected chi connectivity index (χ0v) is 25.5. The van der Waals surface area contributed by atoms with Crippen LogP contribution in [0.2, 0.25) is 0 Å². The molecule has 0 unspecified atom stereocenters. The monoisotopic (exact) mass is 564 g/mol. The molecule has 0 aromatic heterocycles. The summed E-state index contributed by atoms with van der Waals surface area (Å²) in [6.07, 6.45) is 0. The van der Waals surface area contributed by atoms with E-state index in [1.54, 1.807) is 0 Å². The lowest BCUT2D eigenvalue weighted by atomic mass is 10.0. The standard InChI is InChI=1S/C39H33ClSi/c1-28-34(31-16-7-4-8-17-31)22-13-25-37(28)41(40,38-26-14-23-35(29(38)2)32-18-9-5-10-19-32)39-27-15-24-36(30(39)3)33-20-11-6-12-21-33/h4-27H,1-3H3. The van der Waals surface area contributed by atoms with Crippen LogP contribution in [0.25, 0.3) is 33.4 Å². The average Bonchev–Trinajstić information content (AvgIpc) is 3.02. The molecule has 200 valence electrons. The van der Waals surface area contributed by atoms with Gasteiger partial charge >= 0.3 is 0 Å². The zero-order chi connectivity index (χ0) is 28.4. The molecule has 0 aliphatic carbocycles. The Bertz CT molecular complexity index is 1590. The Hall–Kier alpha value is -4.17. The van der Waals surface area contributed by atoms with E-state index in [9.17, 15) is 0 Å². The van der Waals surface area contributed by atoms with Crippen LogP contribution in [-0.4, -0.2) is 7.38 Å². The fourth-order valence-electron chi connectivity index (χ4n) is 6.25. The fraction of sp³-hybridized carbons (Fsp3) is 0.0769. The average molecular weight is 565 g/mol. The summed E-state index contributed by atoms with van der Waals surface area (Å²) in [5.41, 5.74) is 11.1. The molecule has 0 fully saturated rings. The first-order chi connectivity index (χ1) is 20.0. The van der Waals surface area contributed by atoms with Gasteiger partial charge in [0.2, 0.25) is 7.38 Å². The van der Waals surface area contributed by atoms with Crippen LogP contribution >= 0.6 is 11.1 Å². The summed E-state index contributed by atoms with van der Waals surface area (Å²) in [7, 11) is -3.03. The van der Waals surface area contributed by atoms with Gasteiger partial charge in [0.25, 0.3) is 0 Å². The molecule has 0 saturated heterocycles. The smallest absolute Gasteiger partial charge is 0.149 e. The van der Waals surface area contributed by atoms with Crippen molar-refractivity contribution in [2.45, 2.75) is 20.8 Å². The van der Waals surface area contributed by atoms with Crippen molar-refractivity contribution < 1.29 is 0 Å². The van der Waals surface area contributed by atoms with Gasteiger partial charge in [0.05, 0.1) is 0 Å². The van der Waals surface area contributed by atoms with Crippen molar-refractivity contribution in [3.63, 3.8) is 0 Å². The molecular weight excluding hydrogens is 532 g/mol. The summed E-state index contributed by atoms with van der Waals surface area (Å²) >= 11 is 8.35. The van der Waals surface area contributed by atoms with E-state index in [1.807, 2.05) is 0 Å². The third-order valence-electron chi connectivity index (χ3n) is 8.37. The van der Waals surface area contributed by atoms with E-state index in [0.717, 1.165) is 0 Å². The molecule has 0 radical (unpaired) electrons. The van der Waals surface area contributed by atoms with Gasteiger partial charge in [-0.3, -0.25) is 0 Å². The van der Waals surface area contributed by atoms with Gasteiger partial charge in [0.1, 0.15) is 0 Å². The SMILES string of the molecule is Cc1c(-c2ccccc2)cccc1[Si](Cl)(c1cccc(-c2ccccc2)c1C)c1cccc(-c2ccccc2)c1C. The highest BCUT2D eigenvalue weighted by atomic mass is 35.6. The highest BCUT2D eigenvalue weighted by Gasteiger charge is 2.42. The quantitative estimate of drug-likeness (QED) is 0.108. The maximum atomic E-state index is 8.35. The van der Waals surface area contributed by atoms with Crippen molar-refractivity contribution in [2.75, 3.05) is 0 Å². The maximum absolute atomic E-state index is 8.35. The van der Waals surface area contributed by atoms with Gasteiger partial charge in [-0.1, -0.05) is 146 Å². The second-order valence-electron chi connectivity index (χ2n) is 10.7. The molecule has 0 aliphatic rings. The van der Waals surface area contributed by atoms with Gasteiger partial charge in [-0.25, -0.2) is 0 Å². The molecule has 0 nitrogen and oxygen atoms in total. The van der Waals surface area contributed by atoms with Gasteiger partial charge in [0.15, 0.2) is 0 Å². The van der Waals surface area contributed by atoms with Gasteiger partial charge in [-0.2, -0.15) is 0 Å². The van der Waals surface area contributed by atoms with E-state index in [4.69, 9.17) is 11.1 Å². The van der Waals surface area contributed by atoms with Gasteiger partial charge in [-0.15, -0.1) is 11.1 Å². The molecule has 2 heteroatoms. The van der Waals surface area contributed by atoms with Crippen LogP contribution in [0.15, 0.2) is 146 Å². The second-order valence-corrected chi connectivity index (χ2v) is 15.3. The molecule has 0 amide bonds. The molecule has 0 saturated carbocycles. The normalized spacial score (nSPS) is 11.4.